The summed E-state index contributed by atoms with van der Waals surface area (Å²) in [7, 11) is 1.54. The van der Waals surface area contributed by atoms with E-state index in [1.807, 2.05) is 29.0 Å². The molecule has 5 rings (SSSR count). The molecule has 0 saturated carbocycles. The van der Waals surface area contributed by atoms with Crippen molar-refractivity contribution in [2.75, 3.05) is 31.6 Å². The molecule has 3 aromatic rings. The third kappa shape index (κ3) is 4.28. The maximum Gasteiger partial charge on any atom is 0.258 e. The molecule has 2 aliphatic heterocycles. The summed E-state index contributed by atoms with van der Waals surface area (Å²) in [5.41, 5.74) is 2.78. The maximum atomic E-state index is 13.6. The van der Waals surface area contributed by atoms with Crippen LogP contribution in [0.3, 0.4) is 0 Å². The number of rotatable bonds is 4. The first-order chi connectivity index (χ1) is 16.9. The highest BCUT2D eigenvalue weighted by molar-refractivity contribution is 6.31. The number of nitriles is 1. The Kier molecular flexibility index (Phi) is 6.26. The number of piperidine rings is 1. The van der Waals surface area contributed by atoms with Gasteiger partial charge in [0.25, 0.3) is 5.91 Å². The van der Waals surface area contributed by atoms with Gasteiger partial charge in [0.1, 0.15) is 11.6 Å². The molecule has 0 radical (unpaired) electrons. The second kappa shape index (κ2) is 9.36. The first-order valence-electron chi connectivity index (χ1n) is 11.7. The van der Waals surface area contributed by atoms with E-state index in [4.69, 9.17) is 26.4 Å². The topological polar surface area (TPSA) is 107 Å². The maximum absolute atomic E-state index is 13.6. The molecular formula is C25H27ClN6O3. The van der Waals surface area contributed by atoms with Gasteiger partial charge in [0.05, 0.1) is 42.5 Å². The fourth-order valence-corrected chi connectivity index (χ4v) is 5.24. The Morgan fingerprint density at radius 2 is 2.11 bits per heavy atom. The second-order valence-corrected chi connectivity index (χ2v) is 9.62. The number of hydrogen-bond donors (Lipinski definition) is 1. The second-order valence-electron chi connectivity index (χ2n) is 9.18. The summed E-state index contributed by atoms with van der Waals surface area (Å²) < 4.78 is 7.16. The predicted octanol–water partition coefficient (Wildman–Crippen LogP) is 3.39. The van der Waals surface area contributed by atoms with Gasteiger partial charge in [-0.25, -0.2) is 9.50 Å². The van der Waals surface area contributed by atoms with E-state index in [9.17, 15) is 15.2 Å². The number of β-amino-alcohol motifs (C(OH)–C–C–N with tert-alkyl or cyclic N) is 1. The van der Waals surface area contributed by atoms with Crippen LogP contribution in [0.4, 0.5) is 5.82 Å². The SMILES string of the molecule is COc1ccc(Cl)cc1C(=O)N1CCCCC1c1cc2nc(N3C[C@@H](C#N)[C@@H](O)C3)c(C)cn2n1. The largest absolute Gasteiger partial charge is 0.496 e. The smallest absolute Gasteiger partial charge is 0.258 e. The molecule has 35 heavy (non-hydrogen) atoms. The summed E-state index contributed by atoms with van der Waals surface area (Å²) >= 11 is 6.19. The van der Waals surface area contributed by atoms with Gasteiger partial charge in [0, 0.05) is 42.5 Å². The van der Waals surface area contributed by atoms with Crippen molar-refractivity contribution in [2.24, 2.45) is 5.92 Å². The zero-order valence-corrected chi connectivity index (χ0v) is 20.4. The molecule has 2 fully saturated rings. The normalized spacial score (nSPS) is 22.4. The minimum Gasteiger partial charge on any atom is -0.496 e. The van der Waals surface area contributed by atoms with Crippen molar-refractivity contribution in [1.29, 1.82) is 5.26 Å². The number of carbonyl (C=O) groups excluding carboxylic acids is 1. The van der Waals surface area contributed by atoms with Crippen LogP contribution in [0.15, 0.2) is 30.5 Å². The van der Waals surface area contributed by atoms with Gasteiger partial charge in [-0.2, -0.15) is 10.4 Å². The van der Waals surface area contributed by atoms with Crippen molar-refractivity contribution in [3.05, 3.63) is 52.3 Å². The van der Waals surface area contributed by atoms with Gasteiger partial charge in [0.2, 0.25) is 0 Å². The molecular weight excluding hydrogens is 468 g/mol. The number of ether oxygens (including phenoxy) is 1. The summed E-state index contributed by atoms with van der Waals surface area (Å²) in [5.74, 6) is 0.660. The average molecular weight is 495 g/mol. The first kappa shape index (κ1) is 23.4. The standard InChI is InChI=1S/C25H27ClN6O3/c1-15-12-32-23(28-24(15)30-13-16(11-27)21(33)14-30)10-19(29-32)20-5-3-4-8-31(20)25(34)18-9-17(26)6-7-22(18)35-2/h6-7,9-10,12,16,20-21,33H,3-5,8,13-14H2,1-2H3/t16-,20?,21+/m1/s1. The van der Waals surface area contributed by atoms with E-state index in [-0.39, 0.29) is 11.9 Å². The van der Waals surface area contributed by atoms with E-state index in [0.29, 0.717) is 41.6 Å². The van der Waals surface area contributed by atoms with Crippen molar-refractivity contribution in [2.45, 2.75) is 38.3 Å². The molecule has 2 aliphatic rings. The molecule has 2 saturated heterocycles. The fourth-order valence-electron chi connectivity index (χ4n) is 5.07. The molecule has 10 heteroatoms. The highest BCUT2D eigenvalue weighted by Gasteiger charge is 2.34. The Labute approximate surface area is 208 Å². The van der Waals surface area contributed by atoms with E-state index in [0.717, 1.165) is 36.3 Å². The predicted molar refractivity (Wildman–Crippen MR) is 131 cm³/mol. The molecule has 0 spiro atoms. The first-order valence-corrected chi connectivity index (χ1v) is 12.1. The van der Waals surface area contributed by atoms with Crippen LogP contribution in [0.2, 0.25) is 5.02 Å². The van der Waals surface area contributed by atoms with E-state index in [1.54, 1.807) is 29.8 Å². The molecule has 1 N–H and O–H groups in total. The molecule has 1 unspecified atom stereocenters. The number of hydrogen-bond acceptors (Lipinski definition) is 7. The quantitative estimate of drug-likeness (QED) is 0.592. The molecule has 3 atom stereocenters. The van der Waals surface area contributed by atoms with E-state index >= 15 is 0 Å². The zero-order chi connectivity index (χ0) is 24.7. The highest BCUT2D eigenvalue weighted by Crippen LogP contribution is 2.35. The van der Waals surface area contributed by atoms with Gasteiger partial charge in [-0.3, -0.25) is 4.79 Å². The molecule has 0 aliphatic carbocycles. The van der Waals surface area contributed by atoms with Gasteiger partial charge in [-0.15, -0.1) is 0 Å². The molecule has 1 aromatic carbocycles. The number of fused-ring (bicyclic) bond motifs is 1. The Balaban J connectivity index is 1.47. The van der Waals surface area contributed by atoms with Crippen molar-refractivity contribution in [1.82, 2.24) is 19.5 Å². The van der Waals surface area contributed by atoms with Crippen LogP contribution in [0.1, 0.15) is 46.9 Å². The lowest BCUT2D eigenvalue weighted by Crippen LogP contribution is -2.38. The highest BCUT2D eigenvalue weighted by atomic mass is 35.5. The van der Waals surface area contributed by atoms with Crippen LogP contribution in [0, 0.1) is 24.2 Å². The van der Waals surface area contributed by atoms with Crippen molar-refractivity contribution in [3.63, 3.8) is 0 Å². The van der Waals surface area contributed by atoms with Crippen LogP contribution < -0.4 is 9.64 Å². The number of aryl methyl sites for hydroxylation is 1. The molecule has 9 nitrogen and oxygen atoms in total. The number of methoxy groups -OCH3 is 1. The number of anilines is 1. The van der Waals surface area contributed by atoms with E-state index in [2.05, 4.69) is 6.07 Å². The fraction of sp³-hybridized carbons (Fsp3) is 0.440. The van der Waals surface area contributed by atoms with Crippen molar-refractivity contribution in [3.8, 4) is 11.8 Å². The number of likely N-dealkylation sites (tertiary alicyclic amines) is 1. The van der Waals surface area contributed by atoms with Gasteiger partial charge in [-0.1, -0.05) is 11.6 Å². The van der Waals surface area contributed by atoms with Crippen LogP contribution in [-0.2, 0) is 0 Å². The summed E-state index contributed by atoms with van der Waals surface area (Å²) in [6, 6.07) is 8.95. The Morgan fingerprint density at radius 3 is 2.86 bits per heavy atom. The lowest BCUT2D eigenvalue weighted by molar-refractivity contribution is 0.0602. The molecule has 1 amide bonds. The van der Waals surface area contributed by atoms with Crippen molar-refractivity contribution < 1.29 is 14.6 Å². The van der Waals surface area contributed by atoms with E-state index in [1.165, 1.54) is 0 Å². The number of aliphatic hydroxyl groups is 1. The third-order valence-corrected chi connectivity index (χ3v) is 7.11. The van der Waals surface area contributed by atoms with Gasteiger partial charge in [-0.05, 0) is 44.4 Å². The number of nitrogens with zero attached hydrogens (tertiary/aromatic N) is 6. The number of halogens is 1. The minimum atomic E-state index is -0.691. The molecule has 182 valence electrons. The van der Waals surface area contributed by atoms with Crippen LogP contribution in [-0.4, -0.2) is 63.4 Å². The summed E-state index contributed by atoms with van der Waals surface area (Å²) in [6.07, 6.45) is 3.92. The number of carbonyl (C=O) groups is 1. The summed E-state index contributed by atoms with van der Waals surface area (Å²) in [4.78, 5) is 22.2. The van der Waals surface area contributed by atoms with Crippen LogP contribution >= 0.6 is 11.6 Å². The van der Waals surface area contributed by atoms with E-state index < -0.39 is 12.0 Å². The lowest BCUT2D eigenvalue weighted by Gasteiger charge is -2.35. The molecule has 2 aromatic heterocycles. The van der Waals surface area contributed by atoms with Gasteiger partial charge < -0.3 is 19.6 Å². The number of benzene rings is 1. The Bertz CT molecular complexity index is 1320. The lowest BCUT2D eigenvalue weighted by atomic mass is 9.98. The van der Waals surface area contributed by atoms with Gasteiger partial charge in [0.15, 0.2) is 5.65 Å². The number of aliphatic hydroxyl groups excluding tert-OH is 1. The number of amides is 1. The summed E-state index contributed by atoms with van der Waals surface area (Å²) in [5, 5.41) is 24.7. The minimum absolute atomic E-state index is 0.135. The molecule has 0 bridgehead atoms. The Hall–Kier alpha value is -3.35. The Morgan fingerprint density at radius 1 is 1.29 bits per heavy atom. The molecule has 4 heterocycles. The average Bonchev–Trinajstić information content (AvgIpc) is 3.45. The van der Waals surface area contributed by atoms with Crippen LogP contribution in [0.5, 0.6) is 5.75 Å². The number of aromatic nitrogens is 3. The summed E-state index contributed by atoms with van der Waals surface area (Å²) in [6.45, 7) is 3.37. The zero-order valence-electron chi connectivity index (χ0n) is 19.7. The third-order valence-electron chi connectivity index (χ3n) is 6.88. The van der Waals surface area contributed by atoms with Crippen molar-refractivity contribution >= 4 is 29.0 Å². The monoisotopic (exact) mass is 494 g/mol. The van der Waals surface area contributed by atoms with Crippen LogP contribution in [0.25, 0.3) is 5.65 Å². The van der Waals surface area contributed by atoms with Gasteiger partial charge >= 0.3 is 0 Å².